The summed E-state index contributed by atoms with van der Waals surface area (Å²) in [5, 5.41) is 17.6. The first kappa shape index (κ1) is 30.7. The molecule has 3 amide bonds. The predicted molar refractivity (Wildman–Crippen MR) is 175 cm³/mol. The molecule has 0 bridgehead atoms. The summed E-state index contributed by atoms with van der Waals surface area (Å²) >= 11 is 0. The van der Waals surface area contributed by atoms with Crippen molar-refractivity contribution in [2.75, 3.05) is 24.5 Å². The summed E-state index contributed by atoms with van der Waals surface area (Å²) in [7, 11) is 0. The Morgan fingerprint density at radius 1 is 0.841 bits per heavy atom. The number of aliphatic hydroxyl groups is 1. The zero-order valence-electron chi connectivity index (χ0n) is 24.6. The molecule has 1 aliphatic rings. The second-order valence-electron chi connectivity index (χ2n) is 11.0. The zero-order chi connectivity index (χ0) is 30.9. The number of aliphatic hydroxyl groups excluding tert-OH is 1. The van der Waals surface area contributed by atoms with E-state index in [1.54, 1.807) is 4.90 Å². The van der Waals surface area contributed by atoms with Gasteiger partial charge in [-0.3, -0.25) is 14.4 Å². The first-order valence-electron chi connectivity index (χ1n) is 15.0. The van der Waals surface area contributed by atoms with E-state index >= 15 is 0 Å². The van der Waals surface area contributed by atoms with Crippen molar-refractivity contribution < 1.29 is 19.5 Å². The lowest BCUT2D eigenvalue weighted by Crippen LogP contribution is -2.50. The van der Waals surface area contributed by atoms with Gasteiger partial charge in [0.05, 0.1) is 11.8 Å². The lowest BCUT2D eigenvalue weighted by atomic mass is 10.00. The Labute approximate surface area is 257 Å². The Morgan fingerprint density at radius 2 is 1.55 bits per heavy atom. The maximum absolute atomic E-state index is 13.6. The van der Waals surface area contributed by atoms with E-state index in [9.17, 15) is 19.5 Å². The number of anilines is 1. The number of para-hydroxylation sites is 1. The molecular formula is C36H38N4O4. The number of nitrogens with one attached hydrogen (secondary N) is 2. The van der Waals surface area contributed by atoms with Crippen LogP contribution in [0.25, 0.3) is 22.9 Å². The molecule has 226 valence electrons. The van der Waals surface area contributed by atoms with Gasteiger partial charge in [-0.15, -0.1) is 0 Å². The molecule has 4 aromatic carbocycles. The molecule has 0 fully saturated rings. The van der Waals surface area contributed by atoms with E-state index in [4.69, 9.17) is 5.73 Å². The minimum atomic E-state index is -0.866. The molecule has 5 N–H and O–H groups in total. The molecule has 5 rings (SSSR count). The van der Waals surface area contributed by atoms with E-state index in [2.05, 4.69) is 10.6 Å². The molecule has 8 heteroatoms. The number of benzene rings is 4. The maximum Gasteiger partial charge on any atom is 0.258 e. The van der Waals surface area contributed by atoms with Gasteiger partial charge in [-0.05, 0) is 52.4 Å². The molecule has 4 aromatic rings. The molecule has 8 nitrogen and oxygen atoms in total. The minimum Gasteiger partial charge on any atom is -0.390 e. The average molecular weight is 591 g/mol. The third kappa shape index (κ3) is 7.58. The predicted octanol–water partition coefficient (Wildman–Crippen LogP) is 4.30. The van der Waals surface area contributed by atoms with Crippen molar-refractivity contribution in [1.82, 2.24) is 10.6 Å². The Bertz CT molecular complexity index is 1670. The molecular weight excluding hydrogens is 552 g/mol. The number of carbonyl (C=O) groups excluding carboxylic acids is 3. The molecule has 0 saturated carbocycles. The van der Waals surface area contributed by atoms with E-state index in [1.165, 1.54) is 0 Å². The molecule has 2 atom stereocenters. The van der Waals surface area contributed by atoms with Crippen LogP contribution in [-0.2, 0) is 16.0 Å². The topological polar surface area (TPSA) is 125 Å². The smallest absolute Gasteiger partial charge is 0.258 e. The fraction of sp³-hybridized carbons (Fsp3) is 0.250. The van der Waals surface area contributed by atoms with E-state index in [0.29, 0.717) is 31.4 Å². The first-order chi connectivity index (χ1) is 21.4. The highest BCUT2D eigenvalue weighted by atomic mass is 16.3. The highest BCUT2D eigenvalue weighted by molar-refractivity contribution is 6.11. The van der Waals surface area contributed by atoms with Crippen LogP contribution in [0, 0.1) is 0 Å². The van der Waals surface area contributed by atoms with Gasteiger partial charge >= 0.3 is 0 Å². The van der Waals surface area contributed by atoms with Gasteiger partial charge in [0.1, 0.15) is 6.04 Å². The van der Waals surface area contributed by atoms with E-state index < -0.39 is 12.1 Å². The van der Waals surface area contributed by atoms with Crippen molar-refractivity contribution in [1.29, 1.82) is 0 Å². The number of unbranched alkanes of at least 4 members (excludes halogenated alkanes) is 1. The van der Waals surface area contributed by atoms with Gasteiger partial charge in [0.2, 0.25) is 11.8 Å². The quantitative estimate of drug-likeness (QED) is 0.183. The number of amides is 3. The van der Waals surface area contributed by atoms with Crippen molar-refractivity contribution in [2.45, 2.75) is 37.8 Å². The van der Waals surface area contributed by atoms with Gasteiger partial charge in [0.15, 0.2) is 0 Å². The Kier molecular flexibility index (Phi) is 10.2. The Hall–Kier alpha value is -4.79. The van der Waals surface area contributed by atoms with Gasteiger partial charge in [-0.25, -0.2) is 0 Å². The summed E-state index contributed by atoms with van der Waals surface area (Å²) in [6.45, 7) is 0.472. The van der Waals surface area contributed by atoms with E-state index in [0.717, 1.165) is 33.2 Å². The molecule has 0 aliphatic carbocycles. The lowest BCUT2D eigenvalue weighted by molar-refractivity contribution is -0.129. The number of nitrogens with two attached hydrogens (primary N) is 1. The van der Waals surface area contributed by atoms with Crippen molar-refractivity contribution in [3.05, 3.63) is 113 Å². The van der Waals surface area contributed by atoms with Crippen LogP contribution in [0.15, 0.2) is 91.0 Å². The third-order valence-corrected chi connectivity index (χ3v) is 7.83. The van der Waals surface area contributed by atoms with E-state index in [1.807, 2.05) is 103 Å². The summed E-state index contributed by atoms with van der Waals surface area (Å²) in [5.41, 5.74) is 9.69. The molecule has 0 radical (unpaired) electrons. The van der Waals surface area contributed by atoms with Crippen LogP contribution >= 0.6 is 0 Å². The number of carbonyl (C=O) groups is 3. The third-order valence-electron chi connectivity index (χ3n) is 7.83. The second-order valence-corrected chi connectivity index (χ2v) is 11.0. The van der Waals surface area contributed by atoms with Gasteiger partial charge in [0.25, 0.3) is 5.91 Å². The zero-order valence-corrected chi connectivity index (χ0v) is 24.6. The van der Waals surface area contributed by atoms with Crippen LogP contribution in [0.5, 0.6) is 0 Å². The second kappa shape index (κ2) is 14.6. The Balaban J connectivity index is 1.23. The van der Waals surface area contributed by atoms with Crippen LogP contribution in [-0.4, -0.2) is 54.6 Å². The maximum atomic E-state index is 13.6. The summed E-state index contributed by atoms with van der Waals surface area (Å²) in [6.07, 6.45) is 4.76. The fourth-order valence-electron chi connectivity index (χ4n) is 5.43. The summed E-state index contributed by atoms with van der Waals surface area (Å²) in [5.74, 6) is -0.708. The molecule has 44 heavy (non-hydrogen) atoms. The van der Waals surface area contributed by atoms with Crippen LogP contribution < -0.4 is 21.3 Å². The summed E-state index contributed by atoms with van der Waals surface area (Å²) < 4.78 is 0. The summed E-state index contributed by atoms with van der Waals surface area (Å²) in [6, 6.07) is 28.5. The number of fused-ring (bicyclic) bond motifs is 3. The monoisotopic (exact) mass is 590 g/mol. The molecule has 0 saturated heterocycles. The average Bonchev–Trinajstić information content (AvgIpc) is 3.05. The van der Waals surface area contributed by atoms with Crippen molar-refractivity contribution in [3.63, 3.8) is 0 Å². The molecule has 0 spiro atoms. The van der Waals surface area contributed by atoms with E-state index in [-0.39, 0.29) is 37.2 Å². The number of hydrogen-bond donors (Lipinski definition) is 4. The largest absolute Gasteiger partial charge is 0.390 e. The lowest BCUT2D eigenvalue weighted by Gasteiger charge is -2.27. The molecule has 1 aliphatic heterocycles. The normalized spacial score (nSPS) is 14.5. The van der Waals surface area contributed by atoms with Crippen molar-refractivity contribution >= 4 is 46.3 Å². The van der Waals surface area contributed by atoms with Gasteiger partial charge in [-0.2, -0.15) is 0 Å². The van der Waals surface area contributed by atoms with Gasteiger partial charge in [0, 0.05) is 38.0 Å². The number of hydrogen-bond acceptors (Lipinski definition) is 5. The highest BCUT2D eigenvalue weighted by Gasteiger charge is 2.24. The fourth-order valence-corrected chi connectivity index (χ4v) is 5.43. The Morgan fingerprint density at radius 3 is 2.36 bits per heavy atom. The van der Waals surface area contributed by atoms with Gasteiger partial charge < -0.3 is 26.4 Å². The number of nitrogens with zero attached hydrogens (tertiary/aromatic N) is 1. The van der Waals surface area contributed by atoms with Crippen molar-refractivity contribution in [2.24, 2.45) is 5.73 Å². The molecule has 1 heterocycles. The van der Waals surface area contributed by atoms with Crippen molar-refractivity contribution in [3.8, 4) is 0 Å². The van der Waals surface area contributed by atoms with Crippen LogP contribution in [0.4, 0.5) is 5.69 Å². The summed E-state index contributed by atoms with van der Waals surface area (Å²) in [4.78, 5) is 41.6. The first-order valence-corrected chi connectivity index (χ1v) is 15.0. The minimum absolute atomic E-state index is 0.00305. The van der Waals surface area contributed by atoms with Crippen LogP contribution in [0.2, 0.25) is 0 Å². The van der Waals surface area contributed by atoms with Crippen LogP contribution in [0.3, 0.4) is 0 Å². The molecule has 1 unspecified atom stereocenters. The standard InChI is InChI=1S/C36H38N4O4/c37-23-30(41)24-38-35(43)32(22-25-16-17-26-9-1-2-12-29(26)21-25)39-34(42)15-7-8-20-40-33-14-6-4-11-28(33)19-18-27-10-3-5-13-31(27)36(40)44/h1-6,9-14,16-19,21,30,32,41H,7-8,15,20,22-24,37H2,(H,38,43)(H,39,42)/b19-18-/t30?,32-/m1/s1. The molecule has 0 aromatic heterocycles. The van der Waals surface area contributed by atoms with Crippen LogP contribution in [0.1, 0.15) is 46.3 Å². The number of rotatable bonds is 12. The highest BCUT2D eigenvalue weighted by Crippen LogP contribution is 2.29. The SMILES string of the molecule is NCC(O)CNC(=O)[C@@H](Cc1ccc2ccccc2c1)NC(=O)CCCCN1C(=O)c2ccccc2/C=C\c2ccccc21. The van der Waals surface area contributed by atoms with Gasteiger partial charge in [-0.1, -0.05) is 91.0 Å².